The Morgan fingerprint density at radius 2 is 1.35 bits per heavy atom. The molecule has 0 spiro atoms. The Morgan fingerprint density at radius 3 is 1.79 bits per heavy atom. The molecule has 0 aliphatic carbocycles. The third kappa shape index (κ3) is 7.00. The fourth-order valence-corrected chi connectivity index (χ4v) is 11.0. The van der Waals surface area contributed by atoms with Crippen LogP contribution in [0, 0.1) is 6.92 Å². The minimum Gasteiger partial charge on any atom is -0.399 e. The first-order chi connectivity index (χ1) is 22.9. The predicted molar refractivity (Wildman–Crippen MR) is 188 cm³/mol. The minimum absolute atomic E-state index is 0.0526. The van der Waals surface area contributed by atoms with Gasteiger partial charge in [0.2, 0.25) is 0 Å². The highest BCUT2D eigenvalue weighted by molar-refractivity contribution is 7.55. The van der Waals surface area contributed by atoms with E-state index in [2.05, 4.69) is 4.98 Å². The number of hydrogen-bond acceptors (Lipinski definition) is 8. The largest absolute Gasteiger partial charge is 0.399 e. The van der Waals surface area contributed by atoms with Crippen LogP contribution in [0.25, 0.3) is 0 Å². The summed E-state index contributed by atoms with van der Waals surface area (Å²) in [5, 5.41) is -1.66. The molecule has 10 nitrogen and oxygen atoms in total. The van der Waals surface area contributed by atoms with Gasteiger partial charge in [0.05, 0.1) is 19.8 Å². The number of hydrogen-bond donors (Lipinski definition) is 1. The van der Waals surface area contributed by atoms with Gasteiger partial charge in [0.25, 0.3) is 5.56 Å². The van der Waals surface area contributed by atoms with E-state index < -0.39 is 50.4 Å². The van der Waals surface area contributed by atoms with Crippen molar-refractivity contribution < 1.29 is 27.5 Å². The first-order valence-electron chi connectivity index (χ1n) is 16.3. The number of aromatic nitrogens is 2. The highest BCUT2D eigenvalue weighted by Crippen LogP contribution is 2.68. The Kier molecular flexibility index (Phi) is 10.9. The fraction of sp³-hybridized carbons (Fsp3) is 0.389. The summed E-state index contributed by atoms with van der Waals surface area (Å²) in [6.07, 6.45) is -0.620. The molecular formula is C36H45N2O8PSi. The van der Waals surface area contributed by atoms with Crippen molar-refractivity contribution in [2.24, 2.45) is 0 Å². The summed E-state index contributed by atoms with van der Waals surface area (Å²) < 4.78 is 49.3. The summed E-state index contributed by atoms with van der Waals surface area (Å²) >= 11 is 0. The van der Waals surface area contributed by atoms with Gasteiger partial charge in [-0.2, -0.15) is 0 Å². The second-order valence-electron chi connectivity index (χ2n) is 12.7. The van der Waals surface area contributed by atoms with E-state index in [1.165, 1.54) is 10.8 Å². The van der Waals surface area contributed by atoms with Gasteiger partial charge in [-0.05, 0) is 57.1 Å². The van der Waals surface area contributed by atoms with Gasteiger partial charge in [0.15, 0.2) is 13.7 Å². The molecule has 12 heteroatoms. The van der Waals surface area contributed by atoms with Crippen LogP contribution in [0.1, 0.15) is 48.8 Å². The molecule has 1 saturated heterocycles. The number of nitrogens with one attached hydrogen (secondary N) is 1. The van der Waals surface area contributed by atoms with Gasteiger partial charge in [-0.3, -0.25) is 18.9 Å². The molecule has 0 unspecified atom stereocenters. The first-order valence-corrected chi connectivity index (χ1v) is 21.2. The summed E-state index contributed by atoms with van der Waals surface area (Å²) in [5.41, 5.74) is 0.670. The Labute approximate surface area is 282 Å². The lowest BCUT2D eigenvalue weighted by Crippen LogP contribution is -2.51. The molecule has 1 aliphatic rings. The molecule has 1 N–H and O–H groups in total. The van der Waals surface area contributed by atoms with Gasteiger partial charge >= 0.3 is 13.3 Å². The SMILES string of the molecule is CCOP(=O)(OCC)[C@@]1(O[Si](C)(C)C)C[C@H](n2cc(C)c(=O)[nH]c2=O)O[C@@H]1COC(c1ccccc1)(c1ccccc1)c1ccccc1. The maximum absolute atomic E-state index is 15.1. The number of rotatable bonds is 14. The number of H-pyrrole nitrogens is 1. The molecule has 0 saturated carbocycles. The van der Waals surface area contributed by atoms with Crippen molar-refractivity contribution in [2.75, 3.05) is 19.8 Å². The van der Waals surface area contributed by atoms with Gasteiger partial charge in [-0.25, -0.2) is 4.79 Å². The van der Waals surface area contributed by atoms with Crippen molar-refractivity contribution in [1.82, 2.24) is 9.55 Å². The van der Waals surface area contributed by atoms with Gasteiger partial charge in [0, 0.05) is 18.2 Å². The highest BCUT2D eigenvalue weighted by atomic mass is 31.2. The lowest BCUT2D eigenvalue weighted by atomic mass is 9.80. The molecular weight excluding hydrogens is 647 g/mol. The van der Waals surface area contributed by atoms with Crippen LogP contribution in [-0.2, 0) is 33.1 Å². The van der Waals surface area contributed by atoms with Crippen LogP contribution in [0.5, 0.6) is 0 Å². The maximum Gasteiger partial charge on any atom is 0.364 e. The highest BCUT2D eigenvalue weighted by Gasteiger charge is 2.65. The molecule has 0 radical (unpaired) electrons. The van der Waals surface area contributed by atoms with Crippen LogP contribution in [0.4, 0.5) is 0 Å². The average Bonchev–Trinajstić information content (AvgIpc) is 3.43. The molecule has 5 rings (SSSR count). The van der Waals surface area contributed by atoms with Crippen LogP contribution in [0.2, 0.25) is 19.6 Å². The van der Waals surface area contributed by atoms with Crippen LogP contribution in [-0.4, -0.2) is 49.1 Å². The second-order valence-corrected chi connectivity index (χ2v) is 19.4. The zero-order valence-electron chi connectivity index (χ0n) is 28.4. The van der Waals surface area contributed by atoms with Crippen molar-refractivity contribution >= 4 is 15.9 Å². The number of nitrogens with zero attached hydrogens (tertiary/aromatic N) is 1. The zero-order valence-corrected chi connectivity index (χ0v) is 30.3. The molecule has 1 fully saturated rings. The quantitative estimate of drug-likeness (QED) is 0.0857. The summed E-state index contributed by atoms with van der Waals surface area (Å²) in [5.74, 6) is 0. The Hall–Kier alpha value is -3.41. The summed E-state index contributed by atoms with van der Waals surface area (Å²) in [6.45, 7) is 11.1. The average molecular weight is 693 g/mol. The molecule has 1 aliphatic heterocycles. The molecule has 3 aromatic carbocycles. The molecule has 4 aromatic rings. The lowest BCUT2D eigenvalue weighted by Gasteiger charge is -2.44. The molecule has 1 aromatic heterocycles. The van der Waals surface area contributed by atoms with Crippen molar-refractivity contribution in [1.29, 1.82) is 0 Å². The van der Waals surface area contributed by atoms with Crippen molar-refractivity contribution in [3.8, 4) is 0 Å². The summed E-state index contributed by atoms with van der Waals surface area (Å²) in [7, 11) is -6.67. The standard InChI is InChI=1S/C36H45N2O8PSi/c1-7-43-47(41,44-8-2)35(46-48(4,5)6)24-32(38-25-27(3)33(39)37-34(38)40)45-31(35)26-42-36(28-18-12-9-13-19-28,29-20-14-10-15-21-29)30-22-16-11-17-23-30/h9-23,25,31-32H,7-8,24,26H2,1-6H3,(H,37,39,40)/t31-,32-,35+/m1/s1. The van der Waals surface area contributed by atoms with Gasteiger partial charge in [0.1, 0.15) is 17.9 Å². The Morgan fingerprint density at radius 1 is 0.875 bits per heavy atom. The van der Waals surface area contributed by atoms with Crippen molar-refractivity contribution in [3.63, 3.8) is 0 Å². The third-order valence-electron chi connectivity index (χ3n) is 8.28. The van der Waals surface area contributed by atoms with Gasteiger partial charge in [-0.1, -0.05) is 91.0 Å². The van der Waals surface area contributed by atoms with E-state index in [-0.39, 0.29) is 26.2 Å². The van der Waals surface area contributed by atoms with E-state index in [9.17, 15) is 9.59 Å². The molecule has 0 amide bonds. The number of benzene rings is 3. The first kappa shape index (κ1) is 35.9. The topological polar surface area (TPSA) is 118 Å². The van der Waals surface area contributed by atoms with Crippen LogP contribution in [0.3, 0.4) is 0 Å². The third-order valence-corrected chi connectivity index (χ3v) is 12.1. The normalized spacial score (nSPS) is 20.2. The maximum atomic E-state index is 15.1. The smallest absolute Gasteiger partial charge is 0.364 e. The molecule has 48 heavy (non-hydrogen) atoms. The second kappa shape index (κ2) is 14.6. The van der Waals surface area contributed by atoms with Crippen molar-refractivity contribution in [3.05, 3.63) is 140 Å². The molecule has 3 atom stereocenters. The zero-order chi connectivity index (χ0) is 34.6. The van der Waals surface area contributed by atoms with Gasteiger partial charge in [-0.15, -0.1) is 0 Å². The summed E-state index contributed by atoms with van der Waals surface area (Å²) in [6, 6.07) is 29.7. The lowest BCUT2D eigenvalue weighted by molar-refractivity contribution is -0.103. The molecule has 256 valence electrons. The minimum atomic E-state index is -4.12. The van der Waals surface area contributed by atoms with E-state index in [4.69, 9.17) is 22.9 Å². The molecule has 0 bridgehead atoms. The number of aromatic amines is 1. The van der Waals surface area contributed by atoms with Gasteiger partial charge < -0.3 is 22.9 Å². The van der Waals surface area contributed by atoms with E-state index in [0.717, 1.165) is 16.7 Å². The predicted octanol–water partition coefficient (Wildman–Crippen LogP) is 6.96. The fourth-order valence-electron chi connectivity index (χ4n) is 6.41. The van der Waals surface area contributed by atoms with E-state index in [1.807, 2.05) is 111 Å². The number of aryl methyl sites for hydroxylation is 1. The Bertz CT molecular complexity index is 1720. The number of ether oxygens (including phenoxy) is 2. The van der Waals surface area contributed by atoms with E-state index in [0.29, 0.717) is 5.56 Å². The van der Waals surface area contributed by atoms with Crippen LogP contribution >= 0.6 is 7.60 Å². The Balaban J connectivity index is 1.72. The molecule has 2 heterocycles. The van der Waals surface area contributed by atoms with E-state index >= 15 is 4.57 Å². The van der Waals surface area contributed by atoms with Crippen LogP contribution < -0.4 is 11.2 Å². The summed E-state index contributed by atoms with van der Waals surface area (Å²) in [4.78, 5) is 27.8. The van der Waals surface area contributed by atoms with Crippen LogP contribution in [0.15, 0.2) is 107 Å². The van der Waals surface area contributed by atoms with E-state index in [1.54, 1.807) is 20.8 Å². The monoisotopic (exact) mass is 692 g/mol. The van der Waals surface area contributed by atoms with Crippen molar-refractivity contribution in [2.45, 2.75) is 70.1 Å².